The second-order valence-corrected chi connectivity index (χ2v) is 4.11. The number of amides is 1. The molecule has 0 saturated heterocycles. The first kappa shape index (κ1) is 13.1. The van der Waals surface area contributed by atoms with Gasteiger partial charge in [-0.1, -0.05) is 0 Å². The molecule has 5 nitrogen and oxygen atoms in total. The van der Waals surface area contributed by atoms with Crippen LogP contribution in [0, 0.1) is 11.6 Å². The highest BCUT2D eigenvalue weighted by molar-refractivity contribution is 5.91. The zero-order valence-corrected chi connectivity index (χ0v) is 10.4. The van der Waals surface area contributed by atoms with Gasteiger partial charge < -0.3 is 4.90 Å². The minimum Gasteiger partial charge on any atom is -0.333 e. The van der Waals surface area contributed by atoms with Crippen molar-refractivity contribution in [2.24, 2.45) is 0 Å². The first-order chi connectivity index (χ1) is 9.00. The molecular weight excluding hydrogens is 254 g/mol. The van der Waals surface area contributed by atoms with Crippen LogP contribution in [0.25, 0.3) is 0 Å². The van der Waals surface area contributed by atoms with Crippen molar-refractivity contribution in [3.8, 4) is 0 Å². The predicted octanol–water partition coefficient (Wildman–Crippen LogP) is 1.92. The van der Waals surface area contributed by atoms with Gasteiger partial charge in [-0.3, -0.25) is 4.79 Å². The van der Waals surface area contributed by atoms with Gasteiger partial charge in [-0.2, -0.15) is 15.4 Å². The second-order valence-electron chi connectivity index (χ2n) is 4.11. The van der Waals surface area contributed by atoms with Crippen LogP contribution in [0.15, 0.2) is 24.4 Å². The fraction of sp³-hybridized carbons (Fsp3) is 0.250. The van der Waals surface area contributed by atoms with Crippen LogP contribution in [0.4, 0.5) is 8.78 Å². The highest BCUT2D eigenvalue weighted by Crippen LogP contribution is 2.23. The standard InChI is InChI=1S/C12H12F2N4O/c1-7(9-5-8(13)3-4-10(9)14)18(2)12(19)11-6-15-17-16-11/h3-7H,1-2H3,(H,15,16,17). The van der Waals surface area contributed by atoms with Crippen molar-refractivity contribution in [3.05, 3.63) is 47.3 Å². The van der Waals surface area contributed by atoms with Crippen LogP contribution in [0.3, 0.4) is 0 Å². The lowest BCUT2D eigenvalue weighted by atomic mass is 10.1. The lowest BCUT2D eigenvalue weighted by Gasteiger charge is -2.24. The average Bonchev–Trinajstić information content (AvgIpc) is 2.93. The van der Waals surface area contributed by atoms with Crippen molar-refractivity contribution >= 4 is 5.91 Å². The quantitative estimate of drug-likeness (QED) is 0.923. The largest absolute Gasteiger partial charge is 0.333 e. The van der Waals surface area contributed by atoms with Crippen LogP contribution in [0.2, 0.25) is 0 Å². The summed E-state index contributed by atoms with van der Waals surface area (Å²) in [6.45, 7) is 1.61. The number of nitrogens with zero attached hydrogens (tertiary/aromatic N) is 3. The van der Waals surface area contributed by atoms with Gasteiger partial charge in [-0.05, 0) is 25.1 Å². The molecule has 2 aromatic rings. The topological polar surface area (TPSA) is 61.9 Å². The maximum Gasteiger partial charge on any atom is 0.276 e. The van der Waals surface area contributed by atoms with E-state index in [-0.39, 0.29) is 11.3 Å². The summed E-state index contributed by atoms with van der Waals surface area (Å²) in [5.74, 6) is -1.54. The molecule has 0 aliphatic heterocycles. The third-order valence-corrected chi connectivity index (χ3v) is 2.94. The summed E-state index contributed by atoms with van der Waals surface area (Å²) >= 11 is 0. The van der Waals surface area contributed by atoms with Gasteiger partial charge >= 0.3 is 0 Å². The van der Waals surface area contributed by atoms with E-state index in [1.807, 2.05) is 0 Å². The molecule has 0 fully saturated rings. The van der Waals surface area contributed by atoms with Crippen LogP contribution < -0.4 is 0 Å². The fourth-order valence-corrected chi connectivity index (χ4v) is 1.70. The number of carbonyl (C=O) groups is 1. The number of hydrogen-bond donors (Lipinski definition) is 1. The van der Waals surface area contributed by atoms with Gasteiger partial charge in [0.05, 0.1) is 12.2 Å². The van der Waals surface area contributed by atoms with E-state index in [0.29, 0.717) is 0 Å². The Morgan fingerprint density at radius 1 is 1.42 bits per heavy atom. The Hall–Kier alpha value is -2.31. The summed E-state index contributed by atoms with van der Waals surface area (Å²) < 4.78 is 26.8. The number of aromatic amines is 1. The maximum absolute atomic E-state index is 13.6. The summed E-state index contributed by atoms with van der Waals surface area (Å²) in [6, 6.07) is 2.52. The van der Waals surface area contributed by atoms with Crippen molar-refractivity contribution in [1.82, 2.24) is 20.3 Å². The third-order valence-electron chi connectivity index (χ3n) is 2.94. The average molecular weight is 266 g/mol. The molecule has 0 spiro atoms. The smallest absolute Gasteiger partial charge is 0.276 e. The van der Waals surface area contributed by atoms with Crippen LogP contribution in [-0.4, -0.2) is 33.3 Å². The molecule has 1 heterocycles. The SMILES string of the molecule is CC(c1cc(F)ccc1F)N(C)C(=O)c1cn[nH]n1. The number of H-pyrrole nitrogens is 1. The normalized spacial score (nSPS) is 12.2. The molecule has 0 saturated carbocycles. The molecule has 1 amide bonds. The Labute approximate surface area is 108 Å². The van der Waals surface area contributed by atoms with Crippen LogP contribution in [-0.2, 0) is 0 Å². The Balaban J connectivity index is 2.26. The molecule has 7 heteroatoms. The Bertz CT molecular complexity index is 585. The Morgan fingerprint density at radius 3 is 2.79 bits per heavy atom. The van der Waals surface area contributed by atoms with Gasteiger partial charge in [-0.15, -0.1) is 0 Å². The zero-order valence-electron chi connectivity index (χ0n) is 10.4. The molecule has 0 aliphatic carbocycles. The summed E-state index contributed by atoms with van der Waals surface area (Å²) in [5, 5.41) is 9.51. The number of aromatic nitrogens is 3. The third kappa shape index (κ3) is 2.59. The van der Waals surface area contributed by atoms with Gasteiger partial charge in [-0.25, -0.2) is 8.78 Å². The summed E-state index contributed by atoms with van der Waals surface area (Å²) in [6.07, 6.45) is 1.27. The van der Waals surface area contributed by atoms with Gasteiger partial charge in [0.2, 0.25) is 0 Å². The van der Waals surface area contributed by atoms with Crippen molar-refractivity contribution in [2.45, 2.75) is 13.0 Å². The first-order valence-electron chi connectivity index (χ1n) is 5.58. The lowest BCUT2D eigenvalue weighted by molar-refractivity contribution is 0.0734. The molecule has 1 atom stereocenters. The molecule has 1 unspecified atom stereocenters. The zero-order chi connectivity index (χ0) is 14.0. The molecule has 0 aliphatic rings. The van der Waals surface area contributed by atoms with E-state index in [1.54, 1.807) is 6.92 Å². The van der Waals surface area contributed by atoms with Crippen molar-refractivity contribution in [3.63, 3.8) is 0 Å². The molecule has 1 aromatic carbocycles. The Kier molecular flexibility index (Phi) is 3.55. The van der Waals surface area contributed by atoms with E-state index < -0.39 is 23.6 Å². The minimum atomic E-state index is -0.625. The van der Waals surface area contributed by atoms with Crippen LogP contribution in [0.1, 0.15) is 29.0 Å². The maximum atomic E-state index is 13.6. The molecule has 1 N–H and O–H groups in total. The first-order valence-corrected chi connectivity index (χ1v) is 5.58. The monoisotopic (exact) mass is 266 g/mol. The molecule has 0 bridgehead atoms. The predicted molar refractivity (Wildman–Crippen MR) is 63.2 cm³/mol. The molecule has 19 heavy (non-hydrogen) atoms. The van der Waals surface area contributed by atoms with Crippen molar-refractivity contribution in [1.29, 1.82) is 0 Å². The molecule has 1 aromatic heterocycles. The number of nitrogens with one attached hydrogen (secondary N) is 1. The van der Waals surface area contributed by atoms with Crippen molar-refractivity contribution in [2.75, 3.05) is 7.05 Å². The fourth-order valence-electron chi connectivity index (χ4n) is 1.70. The summed E-state index contributed by atoms with van der Waals surface area (Å²) in [5.41, 5.74) is 0.227. The van der Waals surface area contributed by atoms with E-state index in [4.69, 9.17) is 0 Å². The van der Waals surface area contributed by atoms with E-state index in [1.165, 1.54) is 18.1 Å². The highest BCUT2D eigenvalue weighted by atomic mass is 19.1. The number of hydrogen-bond acceptors (Lipinski definition) is 3. The van der Waals surface area contributed by atoms with Crippen molar-refractivity contribution < 1.29 is 13.6 Å². The van der Waals surface area contributed by atoms with E-state index >= 15 is 0 Å². The lowest BCUT2D eigenvalue weighted by Crippen LogP contribution is -2.30. The molecule has 0 radical (unpaired) electrons. The highest BCUT2D eigenvalue weighted by Gasteiger charge is 2.23. The number of halogens is 2. The molecular formula is C12H12F2N4O. The van der Waals surface area contributed by atoms with E-state index in [0.717, 1.165) is 18.2 Å². The summed E-state index contributed by atoms with van der Waals surface area (Å²) in [7, 11) is 1.49. The van der Waals surface area contributed by atoms with Gasteiger partial charge in [0.1, 0.15) is 11.6 Å². The second kappa shape index (κ2) is 5.13. The van der Waals surface area contributed by atoms with Crippen LogP contribution >= 0.6 is 0 Å². The number of carbonyl (C=O) groups excluding carboxylic acids is 1. The van der Waals surface area contributed by atoms with Gasteiger partial charge in [0.25, 0.3) is 5.91 Å². The van der Waals surface area contributed by atoms with Crippen LogP contribution in [0.5, 0.6) is 0 Å². The number of rotatable bonds is 3. The molecule has 2 rings (SSSR count). The number of benzene rings is 1. The Morgan fingerprint density at radius 2 is 2.16 bits per heavy atom. The minimum absolute atomic E-state index is 0.111. The summed E-state index contributed by atoms with van der Waals surface area (Å²) in [4.78, 5) is 13.3. The van der Waals surface area contributed by atoms with Gasteiger partial charge in [0.15, 0.2) is 5.69 Å². The van der Waals surface area contributed by atoms with Gasteiger partial charge in [0, 0.05) is 12.6 Å². The molecule has 100 valence electrons. The van der Waals surface area contributed by atoms with E-state index in [2.05, 4.69) is 15.4 Å². The van der Waals surface area contributed by atoms with E-state index in [9.17, 15) is 13.6 Å².